The summed E-state index contributed by atoms with van der Waals surface area (Å²) in [7, 11) is 2.48. The maximum atomic E-state index is 12.8. The lowest BCUT2D eigenvalue weighted by Crippen LogP contribution is -2.18. The van der Waals surface area contributed by atoms with Crippen molar-refractivity contribution in [2.45, 2.75) is 43.3 Å². The van der Waals surface area contributed by atoms with Crippen LogP contribution in [0.1, 0.15) is 58.9 Å². The molecule has 1 N–H and O–H groups in total. The van der Waals surface area contributed by atoms with Crippen LogP contribution in [0.3, 0.4) is 0 Å². The number of furan rings is 1. The van der Waals surface area contributed by atoms with E-state index in [9.17, 15) is 14.4 Å². The fraction of sp³-hybridized carbons (Fsp3) is 0.375. The first-order valence-electron chi connectivity index (χ1n) is 11.2. The molecule has 1 aliphatic carbocycles. The van der Waals surface area contributed by atoms with Crippen LogP contribution in [0.2, 0.25) is 0 Å². The minimum atomic E-state index is -0.633. The van der Waals surface area contributed by atoms with Crippen molar-refractivity contribution in [1.29, 1.82) is 0 Å². The van der Waals surface area contributed by atoms with Gasteiger partial charge in [-0.2, -0.15) is 0 Å². The van der Waals surface area contributed by atoms with Crippen molar-refractivity contribution >= 4 is 35.3 Å². The van der Waals surface area contributed by atoms with Gasteiger partial charge in [0.1, 0.15) is 0 Å². The lowest BCUT2D eigenvalue weighted by molar-refractivity contribution is -0.113. The monoisotopic (exact) mass is 498 g/mol. The lowest BCUT2D eigenvalue weighted by Gasteiger charge is -2.25. The number of benzene rings is 1. The van der Waals surface area contributed by atoms with Crippen molar-refractivity contribution in [3.05, 3.63) is 47.7 Å². The molecule has 0 bridgehead atoms. The van der Waals surface area contributed by atoms with Gasteiger partial charge in [-0.25, -0.2) is 9.59 Å². The van der Waals surface area contributed by atoms with Crippen molar-refractivity contribution in [1.82, 2.24) is 14.8 Å². The molecule has 0 unspecified atom stereocenters. The Morgan fingerprint density at radius 3 is 2.34 bits per heavy atom. The molecule has 1 aliphatic rings. The van der Waals surface area contributed by atoms with Crippen molar-refractivity contribution < 1.29 is 28.3 Å². The van der Waals surface area contributed by atoms with Gasteiger partial charge in [-0.05, 0) is 43.2 Å². The van der Waals surface area contributed by atoms with Crippen molar-refractivity contribution in [2.24, 2.45) is 0 Å². The Bertz CT molecular complexity index is 1170. The number of methoxy groups -OCH3 is 2. The second-order valence-electron chi connectivity index (χ2n) is 8.06. The van der Waals surface area contributed by atoms with Gasteiger partial charge in [-0.3, -0.25) is 9.36 Å². The zero-order valence-electron chi connectivity index (χ0n) is 19.5. The molecule has 1 aromatic carbocycles. The molecule has 0 aliphatic heterocycles. The number of ether oxygens (including phenoxy) is 2. The quantitative estimate of drug-likeness (QED) is 0.356. The first kappa shape index (κ1) is 24.5. The average molecular weight is 499 g/mol. The summed E-state index contributed by atoms with van der Waals surface area (Å²) in [6.07, 6.45) is 7.09. The molecule has 1 fully saturated rings. The molecular formula is C24H26N4O6S. The van der Waals surface area contributed by atoms with Gasteiger partial charge in [0.2, 0.25) is 11.7 Å². The summed E-state index contributed by atoms with van der Waals surface area (Å²) in [6.45, 7) is 0. The van der Waals surface area contributed by atoms with Gasteiger partial charge >= 0.3 is 11.9 Å². The molecule has 0 atom stereocenters. The van der Waals surface area contributed by atoms with Crippen LogP contribution in [0, 0.1) is 0 Å². The van der Waals surface area contributed by atoms with Gasteiger partial charge in [0.05, 0.1) is 37.4 Å². The van der Waals surface area contributed by atoms with Crippen LogP contribution in [0.5, 0.6) is 0 Å². The van der Waals surface area contributed by atoms with E-state index in [4.69, 9.17) is 13.9 Å². The first-order valence-corrected chi connectivity index (χ1v) is 12.2. The summed E-state index contributed by atoms with van der Waals surface area (Å²) >= 11 is 1.27. The van der Waals surface area contributed by atoms with E-state index in [1.165, 1.54) is 50.6 Å². The normalized spacial score (nSPS) is 13.9. The average Bonchev–Trinajstić information content (AvgIpc) is 3.56. The molecule has 1 saturated carbocycles. The van der Waals surface area contributed by atoms with Crippen molar-refractivity contribution in [3.63, 3.8) is 0 Å². The number of amides is 1. The Kier molecular flexibility index (Phi) is 7.86. The number of carbonyl (C=O) groups is 3. The molecule has 0 spiro atoms. The van der Waals surface area contributed by atoms with E-state index < -0.39 is 11.9 Å². The van der Waals surface area contributed by atoms with E-state index in [-0.39, 0.29) is 34.5 Å². The van der Waals surface area contributed by atoms with Crippen molar-refractivity contribution in [2.75, 3.05) is 25.3 Å². The van der Waals surface area contributed by atoms with E-state index in [0.717, 1.165) is 25.7 Å². The van der Waals surface area contributed by atoms with E-state index in [1.807, 2.05) is 6.07 Å². The Hall–Kier alpha value is -3.60. The number of esters is 2. The number of anilines is 1. The van der Waals surface area contributed by atoms with Crippen LogP contribution < -0.4 is 5.32 Å². The second-order valence-corrected chi connectivity index (χ2v) is 9.01. The summed E-state index contributed by atoms with van der Waals surface area (Å²) in [5.41, 5.74) is 0.529. The topological polar surface area (TPSA) is 126 Å². The number of thioether (sulfide) groups is 1. The van der Waals surface area contributed by atoms with Crippen LogP contribution in [0.15, 0.2) is 46.2 Å². The molecule has 3 aromatic rings. The van der Waals surface area contributed by atoms with Gasteiger partial charge in [0.25, 0.3) is 0 Å². The minimum absolute atomic E-state index is 0.0546. The predicted octanol–water partition coefficient (Wildman–Crippen LogP) is 4.35. The highest BCUT2D eigenvalue weighted by Gasteiger charge is 2.25. The van der Waals surface area contributed by atoms with Gasteiger partial charge in [-0.1, -0.05) is 31.0 Å². The van der Waals surface area contributed by atoms with E-state index in [1.54, 1.807) is 12.3 Å². The molecule has 0 saturated heterocycles. The SMILES string of the molecule is COC(=O)c1cc(NC(=O)CSc2nnc(-c3ccco3)n2C2CCCCC2)cc(C(=O)OC)c1. The van der Waals surface area contributed by atoms with Gasteiger partial charge in [-0.15, -0.1) is 10.2 Å². The Labute approximate surface area is 206 Å². The van der Waals surface area contributed by atoms with Crippen molar-refractivity contribution in [3.8, 4) is 11.6 Å². The number of hydrogen-bond acceptors (Lipinski definition) is 9. The number of hydrogen-bond donors (Lipinski definition) is 1. The third kappa shape index (κ3) is 5.73. The maximum absolute atomic E-state index is 12.8. The van der Waals surface area contributed by atoms with Crippen LogP contribution in [-0.2, 0) is 14.3 Å². The summed E-state index contributed by atoms with van der Waals surface area (Å²) in [4.78, 5) is 36.8. The lowest BCUT2D eigenvalue weighted by atomic mass is 9.95. The molecular weight excluding hydrogens is 472 g/mol. The fourth-order valence-electron chi connectivity index (χ4n) is 4.12. The largest absolute Gasteiger partial charge is 0.465 e. The zero-order chi connectivity index (χ0) is 24.8. The van der Waals surface area contributed by atoms with Gasteiger partial charge in [0.15, 0.2) is 10.9 Å². The maximum Gasteiger partial charge on any atom is 0.337 e. The highest BCUT2D eigenvalue weighted by atomic mass is 32.2. The van der Waals surface area contributed by atoms with Gasteiger partial charge < -0.3 is 19.2 Å². The molecule has 11 heteroatoms. The number of aromatic nitrogens is 3. The van der Waals surface area contributed by atoms with Gasteiger partial charge in [0, 0.05) is 11.7 Å². The number of nitrogens with zero attached hydrogens (tertiary/aromatic N) is 3. The predicted molar refractivity (Wildman–Crippen MR) is 128 cm³/mol. The molecule has 184 valence electrons. The van der Waals surface area contributed by atoms with Crippen LogP contribution in [0.25, 0.3) is 11.6 Å². The number of carbonyl (C=O) groups excluding carboxylic acids is 3. The minimum Gasteiger partial charge on any atom is -0.465 e. The smallest absolute Gasteiger partial charge is 0.337 e. The summed E-state index contributed by atoms with van der Waals surface area (Å²) < 4.78 is 17.1. The molecule has 2 aromatic heterocycles. The first-order chi connectivity index (χ1) is 17.0. The molecule has 35 heavy (non-hydrogen) atoms. The molecule has 2 heterocycles. The van der Waals surface area contributed by atoms with E-state index in [0.29, 0.717) is 16.7 Å². The highest BCUT2D eigenvalue weighted by Crippen LogP contribution is 2.35. The third-order valence-electron chi connectivity index (χ3n) is 5.74. The summed E-state index contributed by atoms with van der Waals surface area (Å²) in [6, 6.07) is 8.13. The van der Waals surface area contributed by atoms with Crippen LogP contribution >= 0.6 is 11.8 Å². The third-order valence-corrected chi connectivity index (χ3v) is 6.68. The fourth-order valence-corrected chi connectivity index (χ4v) is 4.92. The van der Waals surface area contributed by atoms with E-state index >= 15 is 0 Å². The Morgan fingerprint density at radius 2 is 1.74 bits per heavy atom. The molecule has 0 radical (unpaired) electrons. The Balaban J connectivity index is 1.51. The number of rotatable bonds is 8. The highest BCUT2D eigenvalue weighted by molar-refractivity contribution is 7.99. The molecule has 1 amide bonds. The summed E-state index contributed by atoms with van der Waals surface area (Å²) in [5, 5.41) is 12.0. The number of nitrogens with one attached hydrogen (secondary N) is 1. The summed E-state index contributed by atoms with van der Waals surface area (Å²) in [5.74, 6) is -0.254. The standard InChI is InChI=1S/C24H26N4O6S/c1-32-22(30)15-11-16(23(31)33-2)13-17(12-15)25-20(29)14-35-24-27-26-21(19-9-6-10-34-19)28(24)18-7-4-3-5-8-18/h6,9-13,18H,3-5,7-8,14H2,1-2H3,(H,25,29). The van der Waals surface area contributed by atoms with Crippen LogP contribution in [-0.4, -0.2) is 52.6 Å². The van der Waals surface area contributed by atoms with E-state index in [2.05, 4.69) is 20.1 Å². The second kappa shape index (κ2) is 11.2. The molecule has 4 rings (SSSR count). The zero-order valence-corrected chi connectivity index (χ0v) is 20.3. The van der Waals surface area contributed by atoms with Crippen LogP contribution in [0.4, 0.5) is 5.69 Å². The molecule has 10 nitrogen and oxygen atoms in total. The Morgan fingerprint density at radius 1 is 1.06 bits per heavy atom.